The number of aromatic nitrogens is 4. The van der Waals surface area contributed by atoms with E-state index in [-0.39, 0.29) is 0 Å². The smallest absolute Gasteiger partial charge is 0.227 e. The van der Waals surface area contributed by atoms with Gasteiger partial charge in [-0.15, -0.1) is 11.3 Å². The van der Waals surface area contributed by atoms with Crippen LogP contribution in [0.5, 0.6) is 0 Å². The van der Waals surface area contributed by atoms with Gasteiger partial charge in [0.2, 0.25) is 5.89 Å². The lowest BCUT2D eigenvalue weighted by Crippen LogP contribution is -2.00. The third kappa shape index (κ3) is 4.55. The van der Waals surface area contributed by atoms with Crippen LogP contribution in [0.2, 0.25) is 0 Å². The van der Waals surface area contributed by atoms with Gasteiger partial charge in [0.1, 0.15) is 5.52 Å². The average Bonchev–Trinajstić information content (AvgIpc) is 3.74. The van der Waals surface area contributed by atoms with Crippen molar-refractivity contribution in [2.75, 3.05) is 0 Å². The molecule has 6 heteroatoms. The van der Waals surface area contributed by atoms with Crippen LogP contribution >= 0.6 is 11.3 Å². The van der Waals surface area contributed by atoms with E-state index in [0.717, 1.165) is 44.5 Å². The molecule has 6 aromatic carbocycles. The van der Waals surface area contributed by atoms with Crippen molar-refractivity contribution in [1.82, 2.24) is 19.9 Å². The van der Waals surface area contributed by atoms with Crippen LogP contribution in [-0.2, 0) is 0 Å². The molecule has 0 saturated carbocycles. The largest absolute Gasteiger partial charge is 0.436 e. The molecule has 9 rings (SSSR count). The Morgan fingerprint density at radius 1 is 0.435 bits per heavy atom. The fraction of sp³-hybridized carbons (Fsp3) is 0. The van der Waals surface area contributed by atoms with Crippen molar-refractivity contribution in [1.29, 1.82) is 0 Å². The Morgan fingerprint density at radius 2 is 1.04 bits per heavy atom. The molecule has 0 atom stereocenters. The summed E-state index contributed by atoms with van der Waals surface area (Å²) in [6, 6.07) is 49.3. The molecular weight excluding hydrogens is 585 g/mol. The maximum absolute atomic E-state index is 6.18. The molecule has 0 aliphatic heterocycles. The standard InChI is InChI=1S/C40H24N4OS/c1-3-12-25(13-4-1)37-42-38(44-39(43-37)31-20-11-23-34-35(31)30-18-7-8-22-33(30)46-34)28-17-9-16-27(24-28)29-19-10-21-32-36(29)41-40(45-32)26-14-5-2-6-15-26/h1-24H. The second kappa shape index (κ2) is 10.9. The number of benzene rings is 6. The van der Waals surface area contributed by atoms with E-state index in [1.165, 1.54) is 20.2 Å². The highest BCUT2D eigenvalue weighted by Gasteiger charge is 2.18. The highest BCUT2D eigenvalue weighted by Crippen LogP contribution is 2.40. The van der Waals surface area contributed by atoms with Gasteiger partial charge < -0.3 is 4.42 Å². The van der Waals surface area contributed by atoms with Gasteiger partial charge in [-0.2, -0.15) is 0 Å². The molecule has 0 spiro atoms. The van der Waals surface area contributed by atoms with Gasteiger partial charge in [-0.05, 0) is 42.0 Å². The highest BCUT2D eigenvalue weighted by molar-refractivity contribution is 7.25. The zero-order valence-electron chi connectivity index (χ0n) is 24.5. The maximum atomic E-state index is 6.18. The van der Waals surface area contributed by atoms with E-state index in [9.17, 15) is 0 Å². The summed E-state index contributed by atoms with van der Waals surface area (Å²) in [4.78, 5) is 20.1. The van der Waals surface area contributed by atoms with E-state index >= 15 is 0 Å². The van der Waals surface area contributed by atoms with Gasteiger partial charge in [0, 0.05) is 48.0 Å². The number of thiophene rings is 1. The van der Waals surface area contributed by atoms with E-state index in [1.807, 2.05) is 78.9 Å². The minimum Gasteiger partial charge on any atom is -0.436 e. The van der Waals surface area contributed by atoms with Crippen LogP contribution in [0.4, 0.5) is 0 Å². The Balaban J connectivity index is 1.22. The third-order valence-electron chi connectivity index (χ3n) is 8.18. The van der Waals surface area contributed by atoms with Crippen molar-refractivity contribution in [3.05, 3.63) is 146 Å². The molecule has 0 bridgehead atoms. The second-order valence-electron chi connectivity index (χ2n) is 11.1. The first-order chi connectivity index (χ1) is 22.8. The van der Waals surface area contributed by atoms with Gasteiger partial charge in [0.15, 0.2) is 23.1 Å². The molecular formula is C40H24N4OS. The van der Waals surface area contributed by atoms with Crippen molar-refractivity contribution in [2.24, 2.45) is 0 Å². The lowest BCUT2D eigenvalue weighted by atomic mass is 10.0. The highest BCUT2D eigenvalue weighted by atomic mass is 32.1. The first-order valence-corrected chi connectivity index (χ1v) is 15.9. The molecule has 9 aromatic rings. The molecule has 0 N–H and O–H groups in total. The minimum absolute atomic E-state index is 0.601. The molecule has 0 aliphatic carbocycles. The quantitative estimate of drug-likeness (QED) is 0.194. The fourth-order valence-corrected chi connectivity index (χ4v) is 7.15. The number of hydrogen-bond acceptors (Lipinski definition) is 6. The number of nitrogens with zero attached hydrogens (tertiary/aromatic N) is 4. The Hall–Kier alpha value is -5.98. The van der Waals surface area contributed by atoms with Crippen molar-refractivity contribution in [3.8, 4) is 56.7 Å². The van der Waals surface area contributed by atoms with Crippen LogP contribution in [0.25, 0.3) is 88.0 Å². The second-order valence-corrected chi connectivity index (χ2v) is 12.2. The van der Waals surface area contributed by atoms with Crippen LogP contribution in [0, 0.1) is 0 Å². The molecule has 0 unspecified atom stereocenters. The predicted molar refractivity (Wildman–Crippen MR) is 187 cm³/mol. The Labute approximate surface area is 268 Å². The summed E-state index contributed by atoms with van der Waals surface area (Å²) < 4.78 is 8.63. The number of hydrogen-bond donors (Lipinski definition) is 0. The molecule has 0 amide bonds. The van der Waals surface area contributed by atoms with Crippen LogP contribution < -0.4 is 0 Å². The molecule has 46 heavy (non-hydrogen) atoms. The molecule has 0 aliphatic rings. The molecule has 216 valence electrons. The van der Waals surface area contributed by atoms with Crippen molar-refractivity contribution >= 4 is 42.6 Å². The predicted octanol–water partition coefficient (Wildman–Crippen LogP) is 10.7. The summed E-state index contributed by atoms with van der Waals surface area (Å²) in [5.74, 6) is 2.49. The number of fused-ring (bicyclic) bond motifs is 4. The lowest BCUT2D eigenvalue weighted by Gasteiger charge is -2.10. The summed E-state index contributed by atoms with van der Waals surface area (Å²) >= 11 is 1.79. The van der Waals surface area contributed by atoms with E-state index in [1.54, 1.807) is 11.3 Å². The van der Waals surface area contributed by atoms with Crippen LogP contribution in [0.3, 0.4) is 0 Å². The maximum Gasteiger partial charge on any atom is 0.227 e. The van der Waals surface area contributed by atoms with E-state index in [0.29, 0.717) is 23.4 Å². The van der Waals surface area contributed by atoms with Gasteiger partial charge in [-0.3, -0.25) is 0 Å². The summed E-state index contributed by atoms with van der Waals surface area (Å²) in [7, 11) is 0. The van der Waals surface area contributed by atoms with E-state index in [2.05, 4.69) is 66.7 Å². The average molecular weight is 609 g/mol. The number of para-hydroxylation sites is 1. The zero-order chi connectivity index (χ0) is 30.5. The number of rotatable bonds is 5. The van der Waals surface area contributed by atoms with E-state index in [4.69, 9.17) is 24.4 Å². The Morgan fingerprint density at radius 3 is 1.89 bits per heavy atom. The Bertz CT molecular complexity index is 2540. The normalized spacial score (nSPS) is 11.5. The van der Waals surface area contributed by atoms with Gasteiger partial charge in [-0.25, -0.2) is 19.9 Å². The number of oxazole rings is 1. The van der Waals surface area contributed by atoms with Crippen LogP contribution in [0.1, 0.15) is 0 Å². The summed E-state index contributed by atoms with van der Waals surface area (Å²) in [5.41, 5.74) is 7.31. The SMILES string of the molecule is c1ccc(-c2nc(-c3cccc(-c4cccc5oc(-c6ccccc6)nc45)c3)nc(-c3cccc4sc5ccccc5c34)n2)cc1. The summed E-state index contributed by atoms with van der Waals surface area (Å²) in [6.45, 7) is 0. The first kappa shape index (κ1) is 26.4. The van der Waals surface area contributed by atoms with Gasteiger partial charge >= 0.3 is 0 Å². The van der Waals surface area contributed by atoms with Gasteiger partial charge in [0.25, 0.3) is 0 Å². The lowest BCUT2D eigenvalue weighted by molar-refractivity contribution is 0.620. The Kier molecular flexibility index (Phi) is 6.25. The fourth-order valence-electron chi connectivity index (χ4n) is 6.01. The van der Waals surface area contributed by atoms with Crippen LogP contribution in [0.15, 0.2) is 150 Å². The topological polar surface area (TPSA) is 64.7 Å². The summed E-state index contributed by atoms with van der Waals surface area (Å²) in [6.07, 6.45) is 0. The third-order valence-corrected chi connectivity index (χ3v) is 9.32. The monoisotopic (exact) mass is 608 g/mol. The minimum atomic E-state index is 0.601. The van der Waals surface area contributed by atoms with Gasteiger partial charge in [-0.1, -0.05) is 109 Å². The molecule has 0 fully saturated rings. The summed E-state index contributed by atoms with van der Waals surface area (Å²) in [5, 5.41) is 2.37. The molecule has 3 aromatic heterocycles. The van der Waals surface area contributed by atoms with Crippen molar-refractivity contribution in [2.45, 2.75) is 0 Å². The van der Waals surface area contributed by atoms with Crippen molar-refractivity contribution < 1.29 is 4.42 Å². The zero-order valence-corrected chi connectivity index (χ0v) is 25.3. The molecule has 0 saturated heterocycles. The molecule has 0 radical (unpaired) electrons. The van der Waals surface area contributed by atoms with Crippen molar-refractivity contribution in [3.63, 3.8) is 0 Å². The van der Waals surface area contributed by atoms with Gasteiger partial charge in [0.05, 0.1) is 0 Å². The first-order valence-electron chi connectivity index (χ1n) is 15.1. The molecule has 5 nitrogen and oxygen atoms in total. The van der Waals surface area contributed by atoms with Crippen LogP contribution in [-0.4, -0.2) is 19.9 Å². The molecule has 3 heterocycles. The van der Waals surface area contributed by atoms with E-state index < -0.39 is 0 Å².